The van der Waals surface area contributed by atoms with Gasteiger partial charge in [-0.3, -0.25) is 4.79 Å². The number of amides is 1. The lowest BCUT2D eigenvalue weighted by atomic mass is 10.3. The first kappa shape index (κ1) is 16.3. The summed E-state index contributed by atoms with van der Waals surface area (Å²) < 4.78 is 5.37. The third-order valence-corrected chi connectivity index (χ3v) is 5.45. The molecule has 0 N–H and O–H groups in total. The quantitative estimate of drug-likeness (QED) is 0.824. The van der Waals surface area contributed by atoms with Crippen LogP contribution >= 0.6 is 11.3 Å². The first-order valence-electron chi connectivity index (χ1n) is 8.55. The van der Waals surface area contributed by atoms with Gasteiger partial charge in [-0.05, 0) is 23.6 Å². The molecule has 8 heteroatoms. The molecule has 0 atom stereocenters. The molecule has 0 radical (unpaired) electrons. The van der Waals surface area contributed by atoms with Crippen molar-refractivity contribution >= 4 is 28.9 Å². The number of thiophene rings is 1. The minimum Gasteiger partial charge on any atom is -0.378 e. The fourth-order valence-corrected chi connectivity index (χ4v) is 3.83. The van der Waals surface area contributed by atoms with Crippen LogP contribution in [0.4, 0.5) is 11.6 Å². The SMILES string of the molecule is O=C(c1cccs1)N1CCN(c2ccc(N3CCOCC3)nn2)CC1. The highest BCUT2D eigenvalue weighted by atomic mass is 32.1. The first-order chi connectivity index (χ1) is 12.3. The van der Waals surface area contributed by atoms with Crippen LogP contribution in [0.1, 0.15) is 9.67 Å². The van der Waals surface area contributed by atoms with Crippen LogP contribution in [0, 0.1) is 0 Å². The Morgan fingerprint density at radius 1 is 0.920 bits per heavy atom. The molecule has 7 nitrogen and oxygen atoms in total. The highest BCUT2D eigenvalue weighted by Gasteiger charge is 2.23. The lowest BCUT2D eigenvalue weighted by molar-refractivity contribution is 0.0751. The molecule has 2 aliphatic heterocycles. The number of hydrogen-bond donors (Lipinski definition) is 0. The number of piperazine rings is 1. The van der Waals surface area contributed by atoms with Crippen LogP contribution in [0.2, 0.25) is 0 Å². The Hall–Kier alpha value is -2.19. The second kappa shape index (κ2) is 7.37. The monoisotopic (exact) mass is 359 g/mol. The van der Waals surface area contributed by atoms with E-state index in [1.807, 2.05) is 34.5 Å². The molecule has 0 unspecified atom stereocenters. The summed E-state index contributed by atoms with van der Waals surface area (Å²) in [7, 11) is 0. The van der Waals surface area contributed by atoms with Crippen LogP contribution in [0.15, 0.2) is 29.6 Å². The van der Waals surface area contributed by atoms with E-state index < -0.39 is 0 Å². The average molecular weight is 359 g/mol. The molecule has 132 valence electrons. The normalized spacial score (nSPS) is 18.5. The van der Waals surface area contributed by atoms with Crippen molar-refractivity contribution in [2.24, 2.45) is 0 Å². The van der Waals surface area contributed by atoms with Crippen molar-refractivity contribution in [3.05, 3.63) is 34.5 Å². The Balaban J connectivity index is 1.35. The number of morpholine rings is 1. The van der Waals surface area contributed by atoms with Gasteiger partial charge in [-0.15, -0.1) is 21.5 Å². The van der Waals surface area contributed by atoms with Gasteiger partial charge in [-0.2, -0.15) is 0 Å². The van der Waals surface area contributed by atoms with Crippen LogP contribution in [0.3, 0.4) is 0 Å². The van der Waals surface area contributed by atoms with Crippen LogP contribution in [-0.2, 0) is 4.74 Å². The van der Waals surface area contributed by atoms with Crippen LogP contribution in [0.5, 0.6) is 0 Å². The van der Waals surface area contributed by atoms with Gasteiger partial charge in [0.1, 0.15) is 0 Å². The Morgan fingerprint density at radius 2 is 1.56 bits per heavy atom. The molecule has 2 saturated heterocycles. The zero-order chi connectivity index (χ0) is 17.1. The predicted octanol–water partition coefficient (Wildman–Crippen LogP) is 1.34. The number of ether oxygens (including phenoxy) is 1. The maximum atomic E-state index is 12.4. The van der Waals surface area contributed by atoms with Gasteiger partial charge in [-0.1, -0.05) is 6.07 Å². The largest absolute Gasteiger partial charge is 0.378 e. The molecule has 0 bridgehead atoms. The molecule has 2 aromatic rings. The maximum Gasteiger partial charge on any atom is 0.264 e. The standard InChI is InChI=1S/C17H21N5O2S/c23-17(14-2-1-13-25-14)22-7-5-20(6-8-22)15-3-4-16(19-18-15)21-9-11-24-12-10-21/h1-4,13H,5-12H2. The van der Waals surface area contributed by atoms with Crippen molar-refractivity contribution in [1.29, 1.82) is 0 Å². The van der Waals surface area contributed by atoms with E-state index in [-0.39, 0.29) is 5.91 Å². The third-order valence-electron chi connectivity index (χ3n) is 4.59. The topological polar surface area (TPSA) is 61.8 Å². The van der Waals surface area contributed by atoms with Crippen molar-refractivity contribution in [3.8, 4) is 0 Å². The van der Waals surface area contributed by atoms with Gasteiger partial charge in [0.05, 0.1) is 18.1 Å². The number of aromatic nitrogens is 2. The fourth-order valence-electron chi connectivity index (χ4n) is 3.14. The van der Waals surface area contributed by atoms with E-state index in [4.69, 9.17) is 4.74 Å². The second-order valence-electron chi connectivity index (χ2n) is 6.11. The third kappa shape index (κ3) is 3.59. The smallest absolute Gasteiger partial charge is 0.264 e. The molecule has 2 fully saturated rings. The number of hydrogen-bond acceptors (Lipinski definition) is 7. The Labute approximate surface area is 150 Å². The van der Waals surface area contributed by atoms with E-state index in [1.165, 1.54) is 11.3 Å². The molecule has 0 spiro atoms. The van der Waals surface area contributed by atoms with Crippen molar-refractivity contribution in [2.75, 3.05) is 62.3 Å². The summed E-state index contributed by atoms with van der Waals surface area (Å²) in [5, 5.41) is 10.7. The lowest BCUT2D eigenvalue weighted by Gasteiger charge is -2.35. The second-order valence-corrected chi connectivity index (χ2v) is 7.05. The van der Waals surface area contributed by atoms with Gasteiger partial charge < -0.3 is 19.4 Å². The molecule has 0 saturated carbocycles. The zero-order valence-electron chi connectivity index (χ0n) is 14.0. The highest BCUT2D eigenvalue weighted by Crippen LogP contribution is 2.19. The van der Waals surface area contributed by atoms with E-state index in [9.17, 15) is 4.79 Å². The number of carbonyl (C=O) groups excluding carboxylic acids is 1. The van der Waals surface area contributed by atoms with Crippen LogP contribution < -0.4 is 9.80 Å². The van der Waals surface area contributed by atoms with E-state index in [1.54, 1.807) is 0 Å². The molecular weight excluding hydrogens is 338 g/mol. The van der Waals surface area contributed by atoms with E-state index in [2.05, 4.69) is 20.0 Å². The fraction of sp³-hybridized carbons (Fsp3) is 0.471. The molecule has 25 heavy (non-hydrogen) atoms. The van der Waals surface area contributed by atoms with Gasteiger partial charge in [0.2, 0.25) is 0 Å². The van der Waals surface area contributed by atoms with Gasteiger partial charge >= 0.3 is 0 Å². The first-order valence-corrected chi connectivity index (χ1v) is 9.43. The summed E-state index contributed by atoms with van der Waals surface area (Å²) in [6.45, 7) is 6.18. The Bertz CT molecular complexity index is 692. The van der Waals surface area contributed by atoms with Crippen molar-refractivity contribution < 1.29 is 9.53 Å². The summed E-state index contributed by atoms with van der Waals surface area (Å²) in [5.74, 6) is 1.90. The van der Waals surface area contributed by atoms with Gasteiger partial charge in [-0.25, -0.2) is 0 Å². The van der Waals surface area contributed by atoms with Crippen molar-refractivity contribution in [1.82, 2.24) is 15.1 Å². The molecule has 4 rings (SSSR count). The summed E-state index contributed by atoms with van der Waals surface area (Å²) >= 11 is 1.50. The number of nitrogens with zero attached hydrogens (tertiary/aromatic N) is 5. The molecular formula is C17H21N5O2S. The summed E-state index contributed by atoms with van der Waals surface area (Å²) in [6, 6.07) is 7.85. The molecule has 0 aliphatic carbocycles. The zero-order valence-corrected chi connectivity index (χ0v) is 14.8. The van der Waals surface area contributed by atoms with Gasteiger partial charge in [0.15, 0.2) is 11.6 Å². The number of rotatable bonds is 3. The average Bonchev–Trinajstić information content (AvgIpc) is 3.23. The lowest BCUT2D eigenvalue weighted by Crippen LogP contribution is -2.49. The summed E-state index contributed by atoms with van der Waals surface area (Å²) in [4.78, 5) is 19.5. The van der Waals surface area contributed by atoms with Gasteiger partial charge in [0, 0.05) is 39.3 Å². The molecule has 1 amide bonds. The minimum atomic E-state index is 0.128. The minimum absolute atomic E-state index is 0.128. The molecule has 2 aliphatic rings. The van der Waals surface area contributed by atoms with E-state index in [0.29, 0.717) is 13.1 Å². The van der Waals surface area contributed by atoms with Crippen LogP contribution in [0.25, 0.3) is 0 Å². The summed E-state index contributed by atoms with van der Waals surface area (Å²) in [5.41, 5.74) is 0. The van der Waals surface area contributed by atoms with E-state index >= 15 is 0 Å². The van der Waals surface area contributed by atoms with Crippen LogP contribution in [-0.4, -0.2) is 73.5 Å². The van der Waals surface area contributed by atoms with E-state index in [0.717, 1.165) is 55.9 Å². The van der Waals surface area contributed by atoms with Crippen molar-refractivity contribution in [3.63, 3.8) is 0 Å². The highest BCUT2D eigenvalue weighted by molar-refractivity contribution is 7.12. The van der Waals surface area contributed by atoms with Crippen molar-refractivity contribution in [2.45, 2.75) is 0 Å². The summed E-state index contributed by atoms with van der Waals surface area (Å²) in [6.07, 6.45) is 0. The Morgan fingerprint density at radius 3 is 2.12 bits per heavy atom. The Kier molecular flexibility index (Phi) is 4.80. The predicted molar refractivity (Wildman–Crippen MR) is 97.5 cm³/mol. The number of carbonyl (C=O) groups is 1. The number of anilines is 2. The molecule has 2 aromatic heterocycles. The van der Waals surface area contributed by atoms with Gasteiger partial charge in [0.25, 0.3) is 5.91 Å². The maximum absolute atomic E-state index is 12.4. The molecule has 4 heterocycles. The molecule has 0 aromatic carbocycles.